The highest BCUT2D eigenvalue weighted by Gasteiger charge is 2.40. The second-order valence-electron chi connectivity index (χ2n) is 2.54. The molecule has 1 aliphatic carbocycles. The quantitative estimate of drug-likeness (QED) is 0.590. The topological polar surface area (TPSA) is 34.1 Å². The molecular weight excluding hydrogens is 162 g/mol. The van der Waals surface area contributed by atoms with E-state index in [1.54, 1.807) is 0 Å². The summed E-state index contributed by atoms with van der Waals surface area (Å²) in [4.78, 5) is 0. The van der Waals surface area contributed by atoms with Crippen LogP contribution in [-0.2, 0) is 10.7 Å². The molecule has 2 nitrogen and oxygen atoms in total. The molecule has 0 heterocycles. The van der Waals surface area contributed by atoms with Gasteiger partial charge in [0.15, 0.2) is 0 Å². The third-order valence-corrected chi connectivity index (χ3v) is 2.71. The fourth-order valence-electron chi connectivity index (χ4n) is 1.11. The molecule has 1 atom stereocenters. The van der Waals surface area contributed by atoms with Gasteiger partial charge in [-0.2, -0.15) is 0 Å². The van der Waals surface area contributed by atoms with Crippen molar-refractivity contribution in [1.82, 2.24) is 0 Å². The lowest BCUT2D eigenvalue weighted by Crippen LogP contribution is -2.12. The molecule has 10 heavy (non-hydrogen) atoms. The second-order valence-corrected chi connectivity index (χ2v) is 3.84. The molecule has 0 spiro atoms. The molecule has 1 saturated carbocycles. The Balaban J connectivity index is 2.59. The molecule has 60 valence electrons. The highest BCUT2D eigenvalue weighted by atomic mass is 32.2. The normalized spacial score (nSPS) is 31.3. The van der Waals surface area contributed by atoms with Crippen LogP contribution in [0.4, 0.5) is 8.78 Å². The van der Waals surface area contributed by atoms with Crippen LogP contribution in [0.2, 0.25) is 0 Å². The summed E-state index contributed by atoms with van der Waals surface area (Å²) in [5.41, 5.74) is 0. The van der Waals surface area contributed by atoms with Gasteiger partial charge in [-0.1, -0.05) is 0 Å². The van der Waals surface area contributed by atoms with Crippen LogP contribution in [0.5, 0.6) is 0 Å². The number of thiol groups is 1. The van der Waals surface area contributed by atoms with Crippen molar-refractivity contribution in [1.29, 1.82) is 0 Å². The summed E-state index contributed by atoms with van der Waals surface area (Å²) in [6.45, 7) is 0. The number of alkyl halides is 2. The molecule has 1 rings (SSSR count). The minimum atomic E-state index is -2.74. The first-order valence-corrected chi connectivity index (χ1v) is 4.27. The molecule has 0 amide bonds. The molecule has 5 heteroatoms. The summed E-state index contributed by atoms with van der Waals surface area (Å²) < 4.78 is 45.0. The van der Waals surface area contributed by atoms with Crippen molar-refractivity contribution in [2.75, 3.05) is 0 Å². The van der Waals surface area contributed by atoms with Crippen LogP contribution in [0.1, 0.15) is 19.3 Å². The van der Waals surface area contributed by atoms with Crippen LogP contribution in [-0.4, -0.2) is 19.6 Å². The molecule has 1 aliphatic rings. The van der Waals surface area contributed by atoms with Gasteiger partial charge in [-0.15, -0.1) is 0 Å². The molecule has 1 fully saturated rings. The highest BCUT2D eigenvalue weighted by molar-refractivity contribution is 7.73. The number of halogens is 2. The minimum Gasteiger partial charge on any atom is -0.232 e. The maximum Gasteiger partial charge on any atom is 0.249 e. The predicted molar refractivity (Wildman–Crippen MR) is 32.9 cm³/mol. The van der Waals surface area contributed by atoms with E-state index in [2.05, 4.69) is 0 Å². The molecule has 0 saturated heterocycles. The van der Waals surface area contributed by atoms with Crippen molar-refractivity contribution in [3.63, 3.8) is 0 Å². The smallest absolute Gasteiger partial charge is 0.232 e. The Morgan fingerprint density at radius 1 is 1.40 bits per heavy atom. The van der Waals surface area contributed by atoms with E-state index in [-0.39, 0.29) is 12.8 Å². The Kier molecular flexibility index (Phi) is 1.94. The zero-order valence-electron chi connectivity index (χ0n) is 5.22. The van der Waals surface area contributed by atoms with Gasteiger partial charge >= 0.3 is 0 Å². The van der Waals surface area contributed by atoms with Gasteiger partial charge in [0.2, 0.25) is 5.92 Å². The lowest BCUT2D eigenvalue weighted by atomic mass is 10.3. The van der Waals surface area contributed by atoms with Gasteiger partial charge in [-0.3, -0.25) is 0 Å². The van der Waals surface area contributed by atoms with Crippen molar-refractivity contribution in [3.05, 3.63) is 0 Å². The van der Waals surface area contributed by atoms with Crippen LogP contribution >= 0.6 is 0 Å². The monoisotopic (exact) mass is 170 g/mol. The van der Waals surface area contributed by atoms with Gasteiger partial charge in [0.05, 0.1) is 5.25 Å². The molecule has 0 aromatic rings. The molecule has 0 bridgehead atoms. The average Bonchev–Trinajstić information content (AvgIpc) is 2.10. The molecule has 0 radical (unpaired) electrons. The zero-order valence-corrected chi connectivity index (χ0v) is 6.11. The number of hydrogen-bond acceptors (Lipinski definition) is 2. The van der Waals surface area contributed by atoms with Crippen LogP contribution in [0, 0.1) is 0 Å². The van der Waals surface area contributed by atoms with Crippen LogP contribution in [0.3, 0.4) is 0 Å². The minimum absolute atomic E-state index is 0.117. The van der Waals surface area contributed by atoms with E-state index in [0.717, 1.165) is 0 Å². The predicted octanol–water partition coefficient (Wildman–Crippen LogP) is 0.786. The second kappa shape index (κ2) is 2.45. The van der Waals surface area contributed by atoms with Gasteiger partial charge in [-0.25, -0.2) is 17.2 Å². The number of rotatable bonds is 1. The molecular formula is C5H8F2O2S. The molecule has 0 aromatic heterocycles. The largest absolute Gasteiger partial charge is 0.249 e. The first kappa shape index (κ1) is 7.91. The van der Waals surface area contributed by atoms with E-state index < -0.39 is 28.3 Å². The summed E-state index contributed by atoms with van der Waals surface area (Å²) in [6, 6.07) is 0. The summed E-state index contributed by atoms with van der Waals surface area (Å²) in [5.74, 6) is -2.74. The summed E-state index contributed by atoms with van der Waals surface area (Å²) in [6.07, 6.45) is -0.640. The van der Waals surface area contributed by atoms with Gasteiger partial charge in [0, 0.05) is 12.8 Å². The van der Waals surface area contributed by atoms with E-state index in [1.165, 1.54) is 0 Å². The molecule has 0 aliphatic heterocycles. The Labute approximate surface area is 59.2 Å². The van der Waals surface area contributed by atoms with E-state index in [9.17, 15) is 17.2 Å². The van der Waals surface area contributed by atoms with E-state index >= 15 is 0 Å². The maximum absolute atomic E-state index is 12.3. The SMILES string of the molecule is O=[SH](=O)C1CCC(F)(F)C1. The van der Waals surface area contributed by atoms with Gasteiger partial charge in [-0.05, 0) is 6.42 Å². The summed E-state index contributed by atoms with van der Waals surface area (Å²) in [7, 11) is -2.64. The first-order chi connectivity index (χ1) is 4.51. The lowest BCUT2D eigenvalue weighted by molar-refractivity contribution is 0.00963. The van der Waals surface area contributed by atoms with Gasteiger partial charge < -0.3 is 0 Å². The van der Waals surface area contributed by atoms with Crippen molar-refractivity contribution in [2.45, 2.75) is 30.4 Å². The third-order valence-electron chi connectivity index (χ3n) is 1.68. The van der Waals surface area contributed by atoms with Crippen molar-refractivity contribution in [3.8, 4) is 0 Å². The van der Waals surface area contributed by atoms with Crippen molar-refractivity contribution >= 4 is 10.7 Å². The molecule has 1 unspecified atom stereocenters. The summed E-state index contributed by atoms with van der Waals surface area (Å²) >= 11 is 0. The third kappa shape index (κ3) is 1.65. The van der Waals surface area contributed by atoms with E-state index in [0.29, 0.717) is 0 Å². The molecule has 0 N–H and O–H groups in total. The Morgan fingerprint density at radius 2 is 2.00 bits per heavy atom. The average molecular weight is 170 g/mol. The first-order valence-electron chi connectivity index (χ1n) is 3.02. The Morgan fingerprint density at radius 3 is 2.20 bits per heavy atom. The highest BCUT2D eigenvalue weighted by Crippen LogP contribution is 2.35. The standard InChI is InChI=1S/C5H8F2O2S/c6-5(7)2-1-4(3-5)10(8)9/h4,10H,1-3H2. The van der Waals surface area contributed by atoms with Gasteiger partial charge in [0.1, 0.15) is 10.7 Å². The number of hydrogen-bond donors (Lipinski definition) is 1. The fourth-order valence-corrected chi connectivity index (χ4v) is 1.86. The Bertz CT molecular complexity index is 192. The van der Waals surface area contributed by atoms with E-state index in [1.807, 2.05) is 0 Å². The lowest BCUT2D eigenvalue weighted by Gasteiger charge is -2.04. The van der Waals surface area contributed by atoms with Crippen molar-refractivity contribution < 1.29 is 17.2 Å². The maximum atomic E-state index is 12.3. The fraction of sp³-hybridized carbons (Fsp3) is 1.00. The van der Waals surface area contributed by atoms with Crippen LogP contribution in [0.15, 0.2) is 0 Å². The van der Waals surface area contributed by atoms with Crippen LogP contribution < -0.4 is 0 Å². The van der Waals surface area contributed by atoms with Gasteiger partial charge in [0.25, 0.3) is 0 Å². The summed E-state index contributed by atoms with van der Waals surface area (Å²) in [5, 5.41) is -0.787. The van der Waals surface area contributed by atoms with E-state index in [4.69, 9.17) is 0 Å². The molecule has 0 aromatic carbocycles. The van der Waals surface area contributed by atoms with Crippen molar-refractivity contribution in [2.24, 2.45) is 0 Å². The zero-order chi connectivity index (χ0) is 7.78. The van der Waals surface area contributed by atoms with Crippen LogP contribution in [0.25, 0.3) is 0 Å². The Hall–Kier alpha value is -0.190.